The SMILES string of the molecule is Cc1ccc2c(c1)CCCN2C(=O)c1cnc(N2CCCCC2)nc1-c1ccncc1. The number of piperidine rings is 1. The van der Waals surface area contributed by atoms with Crippen LogP contribution in [0.4, 0.5) is 11.6 Å². The molecule has 1 aromatic carbocycles. The lowest BCUT2D eigenvalue weighted by atomic mass is 9.98. The van der Waals surface area contributed by atoms with Gasteiger partial charge in [-0.15, -0.1) is 0 Å². The van der Waals surface area contributed by atoms with Crippen molar-refractivity contribution in [2.24, 2.45) is 0 Å². The highest BCUT2D eigenvalue weighted by Gasteiger charge is 2.27. The molecule has 2 aliphatic rings. The minimum Gasteiger partial charge on any atom is -0.341 e. The zero-order valence-corrected chi connectivity index (χ0v) is 17.9. The average molecular weight is 414 g/mol. The number of aromatic nitrogens is 3. The molecule has 0 radical (unpaired) electrons. The quantitative estimate of drug-likeness (QED) is 0.636. The van der Waals surface area contributed by atoms with E-state index in [2.05, 4.69) is 40.0 Å². The van der Waals surface area contributed by atoms with Gasteiger partial charge in [0.15, 0.2) is 0 Å². The smallest absolute Gasteiger partial charge is 0.262 e. The van der Waals surface area contributed by atoms with Gasteiger partial charge in [-0.3, -0.25) is 9.78 Å². The number of hydrogen-bond donors (Lipinski definition) is 0. The van der Waals surface area contributed by atoms with Gasteiger partial charge in [-0.05, 0) is 62.8 Å². The zero-order chi connectivity index (χ0) is 21.2. The van der Waals surface area contributed by atoms with Crippen LogP contribution in [-0.2, 0) is 6.42 Å². The molecule has 0 unspecified atom stereocenters. The van der Waals surface area contributed by atoms with Gasteiger partial charge in [0.25, 0.3) is 5.91 Å². The number of fused-ring (bicyclic) bond motifs is 1. The van der Waals surface area contributed by atoms with Crippen molar-refractivity contribution >= 4 is 17.5 Å². The van der Waals surface area contributed by atoms with Gasteiger partial charge >= 0.3 is 0 Å². The Kier molecular flexibility index (Phi) is 5.37. The molecule has 1 fully saturated rings. The van der Waals surface area contributed by atoms with Crippen molar-refractivity contribution in [3.05, 3.63) is 65.6 Å². The van der Waals surface area contributed by atoms with Crippen molar-refractivity contribution in [3.63, 3.8) is 0 Å². The van der Waals surface area contributed by atoms with E-state index >= 15 is 0 Å². The van der Waals surface area contributed by atoms with E-state index in [4.69, 9.17) is 4.98 Å². The number of carbonyl (C=O) groups excluding carboxylic acids is 1. The van der Waals surface area contributed by atoms with Gasteiger partial charge in [-0.25, -0.2) is 9.97 Å². The minimum absolute atomic E-state index is 0.0400. The second-order valence-corrected chi connectivity index (χ2v) is 8.41. The molecule has 31 heavy (non-hydrogen) atoms. The second kappa shape index (κ2) is 8.46. The standard InChI is InChI=1S/C25H27N5O/c1-18-7-8-22-20(16-18)6-5-15-30(22)24(31)21-17-27-25(29-13-3-2-4-14-29)28-23(21)19-9-11-26-12-10-19/h7-12,16-17H,2-6,13-15H2,1H3. The first kappa shape index (κ1) is 19.7. The van der Waals surface area contributed by atoms with E-state index < -0.39 is 0 Å². The molecular formula is C25H27N5O. The van der Waals surface area contributed by atoms with Gasteiger partial charge < -0.3 is 9.80 Å². The Labute approximate surface area is 183 Å². The number of hydrogen-bond acceptors (Lipinski definition) is 5. The van der Waals surface area contributed by atoms with Crippen LogP contribution in [0, 0.1) is 6.92 Å². The van der Waals surface area contributed by atoms with Crippen molar-refractivity contribution in [2.45, 2.75) is 39.0 Å². The molecule has 6 heteroatoms. The summed E-state index contributed by atoms with van der Waals surface area (Å²) in [5, 5.41) is 0. The Morgan fingerprint density at radius 2 is 1.77 bits per heavy atom. The van der Waals surface area contributed by atoms with Crippen LogP contribution in [0.2, 0.25) is 0 Å². The minimum atomic E-state index is -0.0400. The first-order chi connectivity index (χ1) is 15.2. The molecule has 158 valence electrons. The largest absolute Gasteiger partial charge is 0.341 e. The first-order valence-electron chi connectivity index (χ1n) is 11.1. The third-order valence-corrected chi connectivity index (χ3v) is 6.20. The fraction of sp³-hybridized carbons (Fsp3) is 0.360. The fourth-order valence-electron chi connectivity index (χ4n) is 4.59. The lowest BCUT2D eigenvalue weighted by molar-refractivity contribution is 0.0985. The molecule has 2 aromatic heterocycles. The Balaban J connectivity index is 1.56. The average Bonchev–Trinajstić information content (AvgIpc) is 2.84. The normalized spacial score (nSPS) is 16.2. The number of carbonyl (C=O) groups is 1. The summed E-state index contributed by atoms with van der Waals surface area (Å²) in [5.41, 5.74) is 5.57. The van der Waals surface area contributed by atoms with Crippen molar-refractivity contribution < 1.29 is 4.79 Å². The lowest BCUT2D eigenvalue weighted by Crippen LogP contribution is -2.36. The van der Waals surface area contributed by atoms with Crippen LogP contribution in [-0.4, -0.2) is 40.5 Å². The molecule has 1 saturated heterocycles. The maximum atomic E-state index is 13.7. The van der Waals surface area contributed by atoms with Crippen LogP contribution >= 0.6 is 0 Å². The van der Waals surface area contributed by atoms with E-state index in [1.54, 1.807) is 18.6 Å². The number of nitrogens with zero attached hydrogens (tertiary/aromatic N) is 5. The summed E-state index contributed by atoms with van der Waals surface area (Å²) >= 11 is 0. The molecular weight excluding hydrogens is 386 g/mol. The van der Waals surface area contributed by atoms with Crippen LogP contribution in [0.3, 0.4) is 0 Å². The number of aryl methyl sites for hydroxylation is 2. The fourth-order valence-corrected chi connectivity index (χ4v) is 4.59. The van der Waals surface area contributed by atoms with Gasteiger partial charge in [0, 0.05) is 49.5 Å². The van der Waals surface area contributed by atoms with Crippen molar-refractivity contribution in [1.82, 2.24) is 15.0 Å². The van der Waals surface area contributed by atoms with E-state index in [0.29, 0.717) is 23.8 Å². The summed E-state index contributed by atoms with van der Waals surface area (Å²) in [4.78, 5) is 31.5. The molecule has 2 aliphatic heterocycles. The van der Waals surface area contributed by atoms with Crippen LogP contribution < -0.4 is 9.80 Å². The van der Waals surface area contributed by atoms with Crippen molar-refractivity contribution in [3.8, 4) is 11.3 Å². The zero-order valence-electron chi connectivity index (χ0n) is 17.9. The number of rotatable bonds is 3. The Morgan fingerprint density at radius 1 is 0.968 bits per heavy atom. The van der Waals surface area contributed by atoms with Gasteiger partial charge in [0.2, 0.25) is 5.95 Å². The van der Waals surface area contributed by atoms with Crippen LogP contribution in [0.15, 0.2) is 48.9 Å². The Hall–Kier alpha value is -3.28. The van der Waals surface area contributed by atoms with E-state index in [1.807, 2.05) is 17.0 Å². The summed E-state index contributed by atoms with van der Waals surface area (Å²) in [6.45, 7) is 4.72. The molecule has 0 atom stereocenters. The highest BCUT2D eigenvalue weighted by atomic mass is 16.2. The molecule has 0 spiro atoms. The third-order valence-electron chi connectivity index (χ3n) is 6.20. The summed E-state index contributed by atoms with van der Waals surface area (Å²) in [6, 6.07) is 10.1. The van der Waals surface area contributed by atoms with Crippen molar-refractivity contribution in [1.29, 1.82) is 0 Å². The maximum Gasteiger partial charge on any atom is 0.262 e. The van der Waals surface area contributed by atoms with Gasteiger partial charge in [-0.2, -0.15) is 0 Å². The molecule has 0 saturated carbocycles. The highest BCUT2D eigenvalue weighted by molar-refractivity contribution is 6.10. The summed E-state index contributed by atoms with van der Waals surface area (Å²) < 4.78 is 0. The molecule has 1 amide bonds. The second-order valence-electron chi connectivity index (χ2n) is 8.41. The summed E-state index contributed by atoms with van der Waals surface area (Å²) in [5.74, 6) is 0.666. The lowest BCUT2D eigenvalue weighted by Gasteiger charge is -2.31. The summed E-state index contributed by atoms with van der Waals surface area (Å²) in [6.07, 6.45) is 10.7. The third kappa shape index (κ3) is 3.90. The molecule has 0 N–H and O–H groups in total. The van der Waals surface area contributed by atoms with Crippen LogP contribution in [0.25, 0.3) is 11.3 Å². The van der Waals surface area contributed by atoms with E-state index in [9.17, 15) is 4.79 Å². The Bertz CT molecular complexity index is 1090. The predicted molar refractivity (Wildman–Crippen MR) is 123 cm³/mol. The number of amides is 1. The monoisotopic (exact) mass is 413 g/mol. The van der Waals surface area contributed by atoms with Gasteiger partial charge in [-0.1, -0.05) is 17.7 Å². The van der Waals surface area contributed by atoms with Gasteiger partial charge in [0.1, 0.15) is 0 Å². The Morgan fingerprint density at radius 3 is 2.58 bits per heavy atom. The van der Waals surface area contributed by atoms with E-state index in [-0.39, 0.29) is 5.91 Å². The molecule has 6 nitrogen and oxygen atoms in total. The topological polar surface area (TPSA) is 62.2 Å². The molecule has 0 aliphatic carbocycles. The van der Waals surface area contributed by atoms with E-state index in [0.717, 1.165) is 50.0 Å². The predicted octanol–water partition coefficient (Wildman–Crippen LogP) is 4.43. The maximum absolute atomic E-state index is 13.7. The number of benzene rings is 1. The van der Waals surface area contributed by atoms with E-state index in [1.165, 1.54) is 17.5 Å². The summed E-state index contributed by atoms with van der Waals surface area (Å²) in [7, 11) is 0. The van der Waals surface area contributed by atoms with Gasteiger partial charge in [0.05, 0.1) is 11.3 Å². The molecule has 0 bridgehead atoms. The molecule has 3 aromatic rings. The molecule has 4 heterocycles. The first-order valence-corrected chi connectivity index (χ1v) is 11.1. The molecule has 5 rings (SSSR count). The highest BCUT2D eigenvalue weighted by Crippen LogP contribution is 2.32. The van der Waals surface area contributed by atoms with Crippen LogP contribution in [0.1, 0.15) is 47.2 Å². The van der Waals surface area contributed by atoms with Crippen molar-refractivity contribution in [2.75, 3.05) is 29.4 Å². The number of anilines is 2. The van der Waals surface area contributed by atoms with Crippen LogP contribution in [0.5, 0.6) is 0 Å². The number of pyridine rings is 1.